The first-order valence-corrected chi connectivity index (χ1v) is 8.38. The number of ether oxygens (including phenoxy) is 2. The molecule has 0 aliphatic carbocycles. The molecule has 0 saturated heterocycles. The molecule has 140 valence electrons. The highest BCUT2D eigenvalue weighted by Gasteiger charge is 2.15. The number of carbonyl (C=O) groups is 1. The van der Waals surface area contributed by atoms with E-state index in [2.05, 4.69) is 10.4 Å². The molecule has 0 unspecified atom stereocenters. The number of anilines is 1. The number of hydrogen-bond acceptors (Lipinski definition) is 4. The summed E-state index contributed by atoms with van der Waals surface area (Å²) in [6, 6.07) is 11.0. The van der Waals surface area contributed by atoms with Gasteiger partial charge in [0.1, 0.15) is 10.8 Å². The number of amides is 1. The molecule has 0 aliphatic heterocycles. The fourth-order valence-corrected chi connectivity index (χ4v) is 2.74. The van der Waals surface area contributed by atoms with Crippen molar-refractivity contribution in [1.29, 1.82) is 0 Å². The summed E-state index contributed by atoms with van der Waals surface area (Å²) in [4.78, 5) is 12.5. The summed E-state index contributed by atoms with van der Waals surface area (Å²) < 4.78 is 25.2. The summed E-state index contributed by atoms with van der Waals surface area (Å²) in [5, 5.41) is 7.19. The molecule has 1 amide bonds. The molecule has 1 N–H and O–H groups in total. The van der Waals surface area contributed by atoms with Crippen molar-refractivity contribution in [2.75, 3.05) is 19.5 Å². The average molecular weight is 390 g/mol. The summed E-state index contributed by atoms with van der Waals surface area (Å²) in [6.07, 6.45) is 1.57. The smallest absolute Gasteiger partial charge is 0.257 e. The van der Waals surface area contributed by atoms with Crippen molar-refractivity contribution >= 4 is 23.3 Å². The van der Waals surface area contributed by atoms with Crippen LogP contribution < -0.4 is 14.8 Å². The van der Waals surface area contributed by atoms with E-state index in [9.17, 15) is 9.18 Å². The van der Waals surface area contributed by atoms with Crippen LogP contribution in [0, 0.1) is 5.82 Å². The van der Waals surface area contributed by atoms with Gasteiger partial charge in [-0.1, -0.05) is 23.7 Å². The van der Waals surface area contributed by atoms with Crippen molar-refractivity contribution < 1.29 is 18.7 Å². The standard InChI is InChI=1S/C19H17ClFN3O3/c1-26-16-7-6-13(9-17(16)27-2)19(25)22-18-15(20)11-24(23-18)10-12-4-3-5-14(21)8-12/h3-9,11H,10H2,1-2H3,(H,22,23,25). The molecule has 0 radical (unpaired) electrons. The Bertz CT molecular complexity index is 975. The quantitative estimate of drug-likeness (QED) is 0.692. The van der Waals surface area contributed by atoms with Crippen molar-refractivity contribution in [3.8, 4) is 11.5 Å². The molecule has 6 nitrogen and oxygen atoms in total. The molecular formula is C19H17ClFN3O3. The number of nitrogens with zero attached hydrogens (tertiary/aromatic N) is 2. The monoisotopic (exact) mass is 389 g/mol. The van der Waals surface area contributed by atoms with Crippen LogP contribution >= 0.6 is 11.6 Å². The molecule has 1 aromatic heterocycles. The van der Waals surface area contributed by atoms with Gasteiger partial charge in [-0.15, -0.1) is 0 Å². The van der Waals surface area contributed by atoms with Crippen LogP contribution in [0.5, 0.6) is 11.5 Å². The Balaban J connectivity index is 1.76. The summed E-state index contributed by atoms with van der Waals surface area (Å²) >= 11 is 6.16. The maximum absolute atomic E-state index is 13.3. The van der Waals surface area contributed by atoms with Crippen molar-refractivity contribution in [2.45, 2.75) is 6.54 Å². The van der Waals surface area contributed by atoms with E-state index in [1.54, 1.807) is 36.5 Å². The van der Waals surface area contributed by atoms with Crippen LogP contribution in [0.4, 0.5) is 10.2 Å². The number of halogens is 2. The van der Waals surface area contributed by atoms with Crippen LogP contribution in [0.15, 0.2) is 48.7 Å². The van der Waals surface area contributed by atoms with Crippen molar-refractivity contribution in [3.63, 3.8) is 0 Å². The lowest BCUT2D eigenvalue weighted by molar-refractivity contribution is 0.102. The third kappa shape index (κ3) is 4.38. The normalized spacial score (nSPS) is 10.5. The van der Waals surface area contributed by atoms with E-state index < -0.39 is 5.91 Å². The minimum absolute atomic E-state index is 0.216. The average Bonchev–Trinajstić information content (AvgIpc) is 2.99. The Morgan fingerprint density at radius 2 is 1.96 bits per heavy atom. The number of hydrogen-bond donors (Lipinski definition) is 1. The van der Waals surface area contributed by atoms with Gasteiger partial charge in [0.05, 0.1) is 20.8 Å². The van der Waals surface area contributed by atoms with Gasteiger partial charge in [-0.3, -0.25) is 9.48 Å². The second kappa shape index (κ2) is 8.09. The van der Waals surface area contributed by atoms with Crippen LogP contribution in [0.2, 0.25) is 5.02 Å². The van der Waals surface area contributed by atoms with E-state index in [-0.39, 0.29) is 16.7 Å². The Labute approximate surface area is 160 Å². The van der Waals surface area contributed by atoms with Gasteiger partial charge in [0.25, 0.3) is 5.91 Å². The highest BCUT2D eigenvalue weighted by Crippen LogP contribution is 2.28. The molecule has 0 fully saturated rings. The van der Waals surface area contributed by atoms with E-state index in [4.69, 9.17) is 21.1 Å². The number of nitrogens with one attached hydrogen (secondary N) is 1. The maximum Gasteiger partial charge on any atom is 0.257 e. The Hall–Kier alpha value is -3.06. The largest absolute Gasteiger partial charge is 0.493 e. The maximum atomic E-state index is 13.3. The first kappa shape index (κ1) is 18.7. The third-order valence-corrected chi connectivity index (χ3v) is 4.10. The number of methoxy groups -OCH3 is 2. The van der Waals surface area contributed by atoms with E-state index in [1.165, 1.54) is 31.0 Å². The van der Waals surface area contributed by atoms with E-state index in [1.807, 2.05) is 0 Å². The highest BCUT2D eigenvalue weighted by molar-refractivity contribution is 6.33. The van der Waals surface area contributed by atoms with Gasteiger partial charge in [0, 0.05) is 11.8 Å². The molecule has 3 rings (SSSR count). The summed E-state index contributed by atoms with van der Waals surface area (Å²) in [5.41, 5.74) is 1.09. The lowest BCUT2D eigenvalue weighted by Gasteiger charge is -2.09. The third-order valence-electron chi connectivity index (χ3n) is 3.83. The van der Waals surface area contributed by atoms with Crippen molar-refractivity contribution in [1.82, 2.24) is 9.78 Å². The van der Waals surface area contributed by atoms with Gasteiger partial charge in [-0.05, 0) is 35.9 Å². The van der Waals surface area contributed by atoms with Gasteiger partial charge < -0.3 is 14.8 Å². The van der Waals surface area contributed by atoms with Crippen LogP contribution in [-0.2, 0) is 6.54 Å². The topological polar surface area (TPSA) is 65.4 Å². The Kier molecular flexibility index (Phi) is 5.61. The molecule has 0 aliphatic rings. The first-order chi connectivity index (χ1) is 13.0. The van der Waals surface area contributed by atoms with Crippen LogP contribution in [0.1, 0.15) is 15.9 Å². The zero-order chi connectivity index (χ0) is 19.4. The molecule has 0 spiro atoms. The van der Waals surface area contributed by atoms with Gasteiger partial charge >= 0.3 is 0 Å². The second-order valence-corrected chi connectivity index (χ2v) is 6.08. The van der Waals surface area contributed by atoms with Gasteiger partial charge in [0.2, 0.25) is 0 Å². The predicted octanol–water partition coefficient (Wildman–Crippen LogP) is 3.99. The minimum atomic E-state index is -0.395. The Morgan fingerprint density at radius 1 is 1.19 bits per heavy atom. The minimum Gasteiger partial charge on any atom is -0.493 e. The van der Waals surface area contributed by atoms with Crippen molar-refractivity contribution in [3.05, 3.63) is 70.6 Å². The molecule has 0 bridgehead atoms. The fraction of sp³-hybridized carbons (Fsp3) is 0.158. The number of aromatic nitrogens is 2. The second-order valence-electron chi connectivity index (χ2n) is 5.68. The van der Waals surface area contributed by atoms with Crippen LogP contribution in [0.25, 0.3) is 0 Å². The lowest BCUT2D eigenvalue weighted by Crippen LogP contribution is -2.13. The number of carbonyl (C=O) groups excluding carboxylic acids is 1. The molecule has 0 saturated carbocycles. The highest BCUT2D eigenvalue weighted by atomic mass is 35.5. The van der Waals surface area contributed by atoms with Gasteiger partial charge in [0.15, 0.2) is 17.3 Å². The van der Waals surface area contributed by atoms with Crippen LogP contribution in [0.3, 0.4) is 0 Å². The molecule has 1 heterocycles. The Morgan fingerprint density at radius 3 is 2.67 bits per heavy atom. The van der Waals surface area contributed by atoms with Gasteiger partial charge in [-0.2, -0.15) is 5.10 Å². The molecule has 8 heteroatoms. The SMILES string of the molecule is COc1ccc(C(=O)Nc2nn(Cc3cccc(F)c3)cc2Cl)cc1OC. The zero-order valence-corrected chi connectivity index (χ0v) is 15.5. The predicted molar refractivity (Wildman–Crippen MR) is 100 cm³/mol. The fourth-order valence-electron chi connectivity index (χ4n) is 2.54. The van der Waals surface area contributed by atoms with Crippen LogP contribution in [-0.4, -0.2) is 29.9 Å². The molecule has 3 aromatic rings. The number of rotatable bonds is 6. The zero-order valence-electron chi connectivity index (χ0n) is 14.7. The molecule has 2 aromatic carbocycles. The van der Waals surface area contributed by atoms with Gasteiger partial charge in [-0.25, -0.2) is 4.39 Å². The van der Waals surface area contributed by atoms with E-state index in [0.717, 1.165) is 5.56 Å². The molecule has 0 atom stereocenters. The lowest BCUT2D eigenvalue weighted by atomic mass is 10.2. The number of benzene rings is 2. The first-order valence-electron chi connectivity index (χ1n) is 8.01. The van der Waals surface area contributed by atoms with Crippen molar-refractivity contribution in [2.24, 2.45) is 0 Å². The summed E-state index contributed by atoms with van der Waals surface area (Å²) in [5.74, 6) is 0.453. The summed E-state index contributed by atoms with van der Waals surface area (Å²) in [7, 11) is 3.01. The van der Waals surface area contributed by atoms with E-state index >= 15 is 0 Å². The molecule has 27 heavy (non-hydrogen) atoms. The van der Waals surface area contributed by atoms with E-state index in [0.29, 0.717) is 23.6 Å². The summed E-state index contributed by atoms with van der Waals surface area (Å²) in [6.45, 7) is 0.323. The molecular weight excluding hydrogens is 373 g/mol.